The van der Waals surface area contributed by atoms with Crippen LogP contribution in [0.4, 0.5) is 5.69 Å². The first kappa shape index (κ1) is 14.6. The largest absolute Gasteiger partial charge is 0.397 e. The van der Waals surface area contributed by atoms with Gasteiger partial charge in [-0.15, -0.1) is 0 Å². The summed E-state index contributed by atoms with van der Waals surface area (Å²) >= 11 is 0. The first-order valence-corrected chi connectivity index (χ1v) is 6.49. The van der Waals surface area contributed by atoms with Crippen molar-refractivity contribution in [2.45, 2.75) is 33.2 Å². The van der Waals surface area contributed by atoms with E-state index in [1.165, 1.54) is 0 Å². The summed E-state index contributed by atoms with van der Waals surface area (Å²) in [5, 5.41) is 8.84. The quantitative estimate of drug-likeness (QED) is 0.770. The molecule has 1 heterocycles. The molecule has 102 valence electrons. The highest BCUT2D eigenvalue weighted by atomic mass is 16.3. The Morgan fingerprint density at radius 3 is 2.78 bits per heavy atom. The molecular weight excluding hydrogens is 230 g/mol. The molecule has 0 spiro atoms. The minimum atomic E-state index is -0.0175. The van der Waals surface area contributed by atoms with Gasteiger partial charge in [-0.1, -0.05) is 6.92 Å². The molecule has 0 atom stereocenters. The molecule has 0 bridgehead atoms. The van der Waals surface area contributed by atoms with Crippen molar-refractivity contribution in [3.8, 4) is 0 Å². The summed E-state index contributed by atoms with van der Waals surface area (Å²) in [6.45, 7) is 6.09. The predicted octanol–water partition coefficient (Wildman–Crippen LogP) is 1.32. The highest BCUT2D eigenvalue weighted by Gasteiger charge is 2.18. The molecule has 1 rings (SSSR count). The van der Waals surface area contributed by atoms with Gasteiger partial charge in [0.15, 0.2) is 0 Å². The lowest BCUT2D eigenvalue weighted by molar-refractivity contribution is 0.0743. The van der Waals surface area contributed by atoms with Crippen LogP contribution in [-0.2, 0) is 6.54 Å². The molecule has 3 N–H and O–H groups in total. The number of nitrogens with two attached hydrogens (primary N) is 1. The van der Waals surface area contributed by atoms with Gasteiger partial charge in [0.2, 0.25) is 0 Å². The zero-order valence-corrected chi connectivity index (χ0v) is 11.2. The molecule has 18 heavy (non-hydrogen) atoms. The molecule has 0 aromatic carbocycles. The van der Waals surface area contributed by atoms with Crippen molar-refractivity contribution in [1.29, 1.82) is 0 Å². The van der Waals surface area contributed by atoms with Crippen molar-refractivity contribution in [3.05, 3.63) is 18.0 Å². The molecule has 0 saturated carbocycles. The number of aliphatic hydroxyl groups excluding tert-OH is 1. The maximum absolute atomic E-state index is 12.4. The number of rotatable bonds is 7. The van der Waals surface area contributed by atoms with E-state index >= 15 is 0 Å². The van der Waals surface area contributed by atoms with E-state index in [9.17, 15) is 4.79 Å². The van der Waals surface area contributed by atoms with Crippen LogP contribution in [0.2, 0.25) is 0 Å². The van der Waals surface area contributed by atoms with E-state index in [0.717, 1.165) is 13.0 Å². The van der Waals surface area contributed by atoms with Crippen molar-refractivity contribution in [2.24, 2.45) is 0 Å². The van der Waals surface area contributed by atoms with Crippen LogP contribution in [-0.4, -0.2) is 40.2 Å². The molecule has 1 aromatic heterocycles. The third kappa shape index (κ3) is 3.50. The van der Waals surface area contributed by atoms with Crippen LogP contribution >= 0.6 is 0 Å². The van der Waals surface area contributed by atoms with Gasteiger partial charge < -0.3 is 20.3 Å². The average Bonchev–Trinajstić information content (AvgIpc) is 2.71. The summed E-state index contributed by atoms with van der Waals surface area (Å²) in [6.07, 6.45) is 3.36. The van der Waals surface area contributed by atoms with Gasteiger partial charge in [0.05, 0.1) is 5.69 Å². The summed E-state index contributed by atoms with van der Waals surface area (Å²) in [4.78, 5) is 14.1. The fraction of sp³-hybridized carbons (Fsp3) is 0.615. The van der Waals surface area contributed by atoms with E-state index in [2.05, 4.69) is 6.92 Å². The van der Waals surface area contributed by atoms with Gasteiger partial charge in [0.1, 0.15) is 5.69 Å². The SMILES string of the molecule is CCCn1cc(N)cc1C(=O)N(CC)CCCO. The third-order valence-electron chi connectivity index (χ3n) is 2.86. The Morgan fingerprint density at radius 2 is 2.22 bits per heavy atom. The number of aliphatic hydroxyl groups is 1. The predicted molar refractivity (Wildman–Crippen MR) is 72.4 cm³/mol. The lowest BCUT2D eigenvalue weighted by Crippen LogP contribution is -2.33. The van der Waals surface area contributed by atoms with Crippen LogP contribution in [0.5, 0.6) is 0 Å². The number of carbonyl (C=O) groups excluding carboxylic acids is 1. The number of aromatic nitrogens is 1. The number of nitrogen functional groups attached to an aromatic ring is 1. The van der Waals surface area contributed by atoms with Crippen LogP contribution in [0.15, 0.2) is 12.3 Å². The number of nitrogens with zero attached hydrogens (tertiary/aromatic N) is 2. The first-order chi connectivity index (χ1) is 8.63. The number of anilines is 1. The molecule has 0 radical (unpaired) electrons. The van der Waals surface area contributed by atoms with Gasteiger partial charge in [0, 0.05) is 32.4 Å². The highest BCUT2D eigenvalue weighted by molar-refractivity contribution is 5.93. The fourth-order valence-corrected chi connectivity index (χ4v) is 1.96. The Balaban J connectivity index is 2.86. The standard InChI is InChI=1S/C13H23N3O2/c1-3-6-16-10-11(14)9-12(16)13(18)15(4-2)7-5-8-17/h9-10,17H,3-8,14H2,1-2H3. The fourth-order valence-electron chi connectivity index (χ4n) is 1.96. The van der Waals surface area contributed by atoms with Crippen molar-refractivity contribution < 1.29 is 9.90 Å². The Kier molecular flexibility index (Phi) is 5.71. The molecule has 1 amide bonds. The summed E-state index contributed by atoms with van der Waals surface area (Å²) < 4.78 is 1.90. The Hall–Kier alpha value is -1.49. The van der Waals surface area contributed by atoms with Gasteiger partial charge in [-0.05, 0) is 25.8 Å². The van der Waals surface area contributed by atoms with Crippen LogP contribution in [0.1, 0.15) is 37.2 Å². The van der Waals surface area contributed by atoms with Gasteiger partial charge in [0.25, 0.3) is 5.91 Å². The lowest BCUT2D eigenvalue weighted by atomic mass is 10.3. The Labute approximate surface area is 108 Å². The molecule has 0 aliphatic carbocycles. The maximum Gasteiger partial charge on any atom is 0.270 e. The van der Waals surface area contributed by atoms with Crippen LogP contribution in [0, 0.1) is 0 Å². The molecule has 5 heteroatoms. The normalized spacial score (nSPS) is 10.6. The van der Waals surface area contributed by atoms with E-state index in [4.69, 9.17) is 10.8 Å². The van der Waals surface area contributed by atoms with Crippen molar-refractivity contribution in [3.63, 3.8) is 0 Å². The molecule has 0 unspecified atom stereocenters. The summed E-state index contributed by atoms with van der Waals surface area (Å²) in [7, 11) is 0. The highest BCUT2D eigenvalue weighted by Crippen LogP contribution is 2.14. The Morgan fingerprint density at radius 1 is 1.50 bits per heavy atom. The van der Waals surface area contributed by atoms with Gasteiger partial charge in [-0.2, -0.15) is 0 Å². The zero-order chi connectivity index (χ0) is 13.5. The van der Waals surface area contributed by atoms with E-state index in [1.54, 1.807) is 17.2 Å². The molecule has 1 aromatic rings. The zero-order valence-electron chi connectivity index (χ0n) is 11.2. The van der Waals surface area contributed by atoms with Crippen LogP contribution in [0.25, 0.3) is 0 Å². The number of amides is 1. The number of aryl methyl sites for hydroxylation is 1. The third-order valence-corrected chi connectivity index (χ3v) is 2.86. The van der Waals surface area contributed by atoms with E-state index in [0.29, 0.717) is 30.9 Å². The number of hydrogen-bond donors (Lipinski definition) is 2. The van der Waals surface area contributed by atoms with E-state index in [1.807, 2.05) is 11.5 Å². The van der Waals surface area contributed by atoms with E-state index in [-0.39, 0.29) is 12.5 Å². The monoisotopic (exact) mass is 253 g/mol. The topological polar surface area (TPSA) is 71.5 Å². The first-order valence-electron chi connectivity index (χ1n) is 6.49. The second-order valence-electron chi connectivity index (χ2n) is 4.31. The summed E-state index contributed by atoms with van der Waals surface area (Å²) in [5.41, 5.74) is 7.01. The lowest BCUT2D eigenvalue weighted by Gasteiger charge is -2.21. The average molecular weight is 253 g/mol. The molecule has 0 aliphatic heterocycles. The molecule has 0 aliphatic rings. The second kappa shape index (κ2) is 7.06. The minimum Gasteiger partial charge on any atom is -0.397 e. The second-order valence-corrected chi connectivity index (χ2v) is 4.31. The Bertz CT molecular complexity index is 388. The number of hydrogen-bond acceptors (Lipinski definition) is 3. The molecule has 0 fully saturated rings. The van der Waals surface area contributed by atoms with Gasteiger partial charge in [-0.3, -0.25) is 4.79 Å². The number of carbonyl (C=O) groups is 1. The summed E-state index contributed by atoms with van der Waals surface area (Å²) in [6, 6.07) is 1.72. The minimum absolute atomic E-state index is 0.0175. The summed E-state index contributed by atoms with van der Waals surface area (Å²) in [5.74, 6) is -0.0175. The molecular formula is C13H23N3O2. The van der Waals surface area contributed by atoms with Gasteiger partial charge >= 0.3 is 0 Å². The van der Waals surface area contributed by atoms with Gasteiger partial charge in [-0.25, -0.2) is 0 Å². The van der Waals surface area contributed by atoms with Crippen molar-refractivity contribution >= 4 is 11.6 Å². The van der Waals surface area contributed by atoms with E-state index < -0.39 is 0 Å². The smallest absolute Gasteiger partial charge is 0.270 e. The van der Waals surface area contributed by atoms with Crippen LogP contribution < -0.4 is 5.73 Å². The maximum atomic E-state index is 12.4. The van der Waals surface area contributed by atoms with Crippen molar-refractivity contribution in [1.82, 2.24) is 9.47 Å². The molecule has 0 saturated heterocycles. The van der Waals surface area contributed by atoms with Crippen molar-refractivity contribution in [2.75, 3.05) is 25.4 Å². The molecule has 5 nitrogen and oxygen atoms in total. The van der Waals surface area contributed by atoms with Crippen LogP contribution in [0.3, 0.4) is 0 Å².